The van der Waals surface area contributed by atoms with Gasteiger partial charge in [-0.15, -0.1) is 0 Å². The second-order valence-electron chi connectivity index (χ2n) is 7.29. The summed E-state index contributed by atoms with van der Waals surface area (Å²) in [6.07, 6.45) is 1.33. The highest BCUT2D eigenvalue weighted by molar-refractivity contribution is 5.92. The zero-order valence-corrected chi connectivity index (χ0v) is 16.6. The molecule has 148 valence electrons. The molecule has 0 aliphatic heterocycles. The van der Waals surface area contributed by atoms with Gasteiger partial charge >= 0.3 is 5.97 Å². The summed E-state index contributed by atoms with van der Waals surface area (Å²) in [5.74, 6) is -0.675. The molecule has 0 heterocycles. The highest BCUT2D eigenvalue weighted by Crippen LogP contribution is 2.11. The molecule has 2 aromatic rings. The minimum Gasteiger partial charge on any atom is -0.452 e. The average Bonchev–Trinajstić information content (AvgIpc) is 2.66. The minimum atomic E-state index is -0.649. The van der Waals surface area contributed by atoms with Crippen LogP contribution < -0.4 is 5.32 Å². The van der Waals surface area contributed by atoms with Crippen LogP contribution >= 0.6 is 0 Å². The number of carbonyl (C=O) groups excluding carboxylic acids is 3. The number of ether oxygens (including phenoxy) is 1. The molecule has 1 amide bonds. The molecule has 0 unspecified atom stereocenters. The fourth-order valence-corrected chi connectivity index (χ4v) is 2.84. The van der Waals surface area contributed by atoms with E-state index in [2.05, 4.69) is 19.2 Å². The standard InChI is InChI=1S/C23H27NO4/c1-16(2)13-19-9-11-20(12-10-19)23(27)28-15-22(26)24-21(17(3)25)14-18-7-5-4-6-8-18/h4-12,16,21H,13-15H2,1-3H3,(H,24,26)/t21-/m0/s1. The zero-order valence-electron chi connectivity index (χ0n) is 16.6. The Balaban J connectivity index is 1.86. The van der Waals surface area contributed by atoms with Gasteiger partial charge in [-0.2, -0.15) is 0 Å². The second kappa shape index (κ2) is 10.4. The topological polar surface area (TPSA) is 72.5 Å². The zero-order chi connectivity index (χ0) is 20.5. The van der Waals surface area contributed by atoms with E-state index in [1.54, 1.807) is 12.1 Å². The third-order valence-electron chi connectivity index (χ3n) is 4.28. The minimum absolute atomic E-state index is 0.149. The predicted octanol–water partition coefficient (Wildman–Crippen LogP) is 3.36. The number of carbonyl (C=O) groups is 3. The number of nitrogens with one attached hydrogen (secondary N) is 1. The lowest BCUT2D eigenvalue weighted by Crippen LogP contribution is -2.43. The number of Topliss-reactive ketones (excluding diaryl/α,β-unsaturated/α-hetero) is 1. The summed E-state index contributed by atoms with van der Waals surface area (Å²) in [6.45, 7) is 5.27. The summed E-state index contributed by atoms with van der Waals surface area (Å²) < 4.78 is 5.08. The molecule has 0 saturated carbocycles. The summed E-state index contributed by atoms with van der Waals surface area (Å²) in [5.41, 5.74) is 2.49. The van der Waals surface area contributed by atoms with Gasteiger partial charge in [0.25, 0.3) is 5.91 Å². The summed E-state index contributed by atoms with van der Waals surface area (Å²) in [6, 6.07) is 16.0. The fraction of sp³-hybridized carbons (Fsp3) is 0.348. The van der Waals surface area contributed by atoms with E-state index in [9.17, 15) is 14.4 Å². The second-order valence-corrected chi connectivity index (χ2v) is 7.29. The third kappa shape index (κ3) is 6.99. The maximum absolute atomic E-state index is 12.1. The van der Waals surface area contributed by atoms with E-state index in [1.807, 2.05) is 42.5 Å². The number of ketones is 1. The average molecular weight is 381 g/mol. The van der Waals surface area contributed by atoms with Crippen LogP contribution in [0.15, 0.2) is 54.6 Å². The molecule has 0 bridgehead atoms. The van der Waals surface area contributed by atoms with Gasteiger partial charge in [0, 0.05) is 0 Å². The molecular weight excluding hydrogens is 354 g/mol. The monoisotopic (exact) mass is 381 g/mol. The van der Waals surface area contributed by atoms with Gasteiger partial charge in [-0.05, 0) is 48.9 Å². The molecular formula is C23H27NO4. The lowest BCUT2D eigenvalue weighted by Gasteiger charge is -2.16. The van der Waals surface area contributed by atoms with Crippen LogP contribution in [-0.2, 0) is 27.2 Å². The maximum Gasteiger partial charge on any atom is 0.338 e. The Bertz CT molecular complexity index is 797. The molecule has 5 nitrogen and oxygen atoms in total. The summed E-state index contributed by atoms with van der Waals surface area (Å²) in [7, 11) is 0. The van der Waals surface area contributed by atoms with Gasteiger partial charge in [0.2, 0.25) is 0 Å². The number of amides is 1. The first-order valence-electron chi connectivity index (χ1n) is 9.45. The molecule has 0 saturated heterocycles. The smallest absolute Gasteiger partial charge is 0.338 e. The van der Waals surface area contributed by atoms with Crippen LogP contribution in [-0.4, -0.2) is 30.3 Å². The van der Waals surface area contributed by atoms with Crippen molar-refractivity contribution in [2.75, 3.05) is 6.61 Å². The van der Waals surface area contributed by atoms with Crippen LogP contribution in [0.4, 0.5) is 0 Å². The molecule has 0 aromatic heterocycles. The van der Waals surface area contributed by atoms with E-state index in [0.717, 1.165) is 17.5 Å². The fourth-order valence-electron chi connectivity index (χ4n) is 2.84. The van der Waals surface area contributed by atoms with Crippen LogP contribution in [0.5, 0.6) is 0 Å². The molecule has 2 aromatic carbocycles. The number of esters is 1. The first-order chi connectivity index (χ1) is 13.3. The molecule has 0 radical (unpaired) electrons. The van der Waals surface area contributed by atoms with Gasteiger partial charge in [0.1, 0.15) is 0 Å². The van der Waals surface area contributed by atoms with Crippen molar-refractivity contribution in [2.24, 2.45) is 5.92 Å². The van der Waals surface area contributed by atoms with Crippen LogP contribution in [0, 0.1) is 5.92 Å². The molecule has 1 N–H and O–H groups in total. The summed E-state index contributed by atoms with van der Waals surface area (Å²) >= 11 is 0. The SMILES string of the molecule is CC(=O)[C@H](Cc1ccccc1)NC(=O)COC(=O)c1ccc(CC(C)C)cc1. The molecule has 0 fully saturated rings. The third-order valence-corrected chi connectivity index (χ3v) is 4.28. The number of hydrogen-bond donors (Lipinski definition) is 1. The molecule has 5 heteroatoms. The van der Waals surface area contributed by atoms with Gasteiger partial charge in [0.15, 0.2) is 12.4 Å². The van der Waals surface area contributed by atoms with Crippen LogP contribution in [0.2, 0.25) is 0 Å². The van der Waals surface area contributed by atoms with Gasteiger partial charge < -0.3 is 10.1 Å². The Hall–Kier alpha value is -2.95. The first-order valence-corrected chi connectivity index (χ1v) is 9.45. The van der Waals surface area contributed by atoms with Crippen molar-refractivity contribution in [3.05, 3.63) is 71.3 Å². The number of benzene rings is 2. The van der Waals surface area contributed by atoms with E-state index in [0.29, 0.717) is 17.9 Å². The van der Waals surface area contributed by atoms with Gasteiger partial charge in [-0.3, -0.25) is 9.59 Å². The first kappa shape index (κ1) is 21.4. The number of hydrogen-bond acceptors (Lipinski definition) is 4. The Morgan fingerprint density at radius 2 is 1.50 bits per heavy atom. The largest absolute Gasteiger partial charge is 0.452 e. The van der Waals surface area contributed by atoms with E-state index in [1.165, 1.54) is 6.92 Å². The molecule has 0 aliphatic carbocycles. The van der Waals surface area contributed by atoms with Crippen molar-refractivity contribution < 1.29 is 19.1 Å². The van der Waals surface area contributed by atoms with Crippen molar-refractivity contribution in [3.8, 4) is 0 Å². The van der Waals surface area contributed by atoms with Crippen molar-refractivity contribution >= 4 is 17.7 Å². The number of rotatable bonds is 9. The maximum atomic E-state index is 12.1. The van der Waals surface area contributed by atoms with Crippen molar-refractivity contribution in [3.63, 3.8) is 0 Å². The Morgan fingerprint density at radius 3 is 2.07 bits per heavy atom. The summed E-state index contributed by atoms with van der Waals surface area (Å²) in [4.78, 5) is 36.1. The molecule has 28 heavy (non-hydrogen) atoms. The lowest BCUT2D eigenvalue weighted by atomic mass is 10.0. The lowest BCUT2D eigenvalue weighted by molar-refractivity contribution is -0.128. The highest BCUT2D eigenvalue weighted by atomic mass is 16.5. The molecule has 0 spiro atoms. The van der Waals surface area contributed by atoms with Crippen LogP contribution in [0.25, 0.3) is 0 Å². The Labute approximate surface area is 166 Å². The van der Waals surface area contributed by atoms with Crippen LogP contribution in [0.3, 0.4) is 0 Å². The van der Waals surface area contributed by atoms with Crippen molar-refractivity contribution in [1.29, 1.82) is 0 Å². The van der Waals surface area contributed by atoms with E-state index >= 15 is 0 Å². The van der Waals surface area contributed by atoms with Crippen molar-refractivity contribution in [1.82, 2.24) is 5.32 Å². The molecule has 1 atom stereocenters. The van der Waals surface area contributed by atoms with Gasteiger partial charge in [-0.25, -0.2) is 4.79 Å². The Morgan fingerprint density at radius 1 is 0.893 bits per heavy atom. The quantitative estimate of drug-likeness (QED) is 0.676. The Kier molecular flexibility index (Phi) is 7.93. The highest BCUT2D eigenvalue weighted by Gasteiger charge is 2.19. The molecule has 0 aliphatic rings. The summed E-state index contributed by atoms with van der Waals surface area (Å²) in [5, 5.41) is 2.64. The van der Waals surface area contributed by atoms with Crippen LogP contribution in [0.1, 0.15) is 42.3 Å². The normalized spacial score (nSPS) is 11.7. The van der Waals surface area contributed by atoms with E-state index in [-0.39, 0.29) is 5.78 Å². The molecule has 2 rings (SSSR count). The van der Waals surface area contributed by atoms with Crippen molar-refractivity contribution in [2.45, 2.75) is 39.7 Å². The predicted molar refractivity (Wildman–Crippen MR) is 108 cm³/mol. The van der Waals surface area contributed by atoms with Gasteiger partial charge in [0.05, 0.1) is 11.6 Å². The van der Waals surface area contributed by atoms with Gasteiger partial charge in [-0.1, -0.05) is 56.3 Å². The van der Waals surface area contributed by atoms with E-state index in [4.69, 9.17) is 4.74 Å². The van der Waals surface area contributed by atoms with E-state index < -0.39 is 24.5 Å².